The second-order valence-corrected chi connectivity index (χ2v) is 9.35. The van der Waals surface area contributed by atoms with E-state index in [2.05, 4.69) is 26.6 Å². The lowest BCUT2D eigenvalue weighted by Gasteiger charge is -2.30. The van der Waals surface area contributed by atoms with Gasteiger partial charge in [0.05, 0.1) is 36.1 Å². The number of ketones is 1. The highest BCUT2D eigenvalue weighted by Gasteiger charge is 2.36. The number of carbonyl (C=O) groups excluding carboxylic acids is 1. The number of hydrogen-bond donors (Lipinski definition) is 3. The highest BCUT2D eigenvalue weighted by Crippen LogP contribution is 2.46. The minimum absolute atomic E-state index is 0.0284. The highest BCUT2D eigenvalue weighted by atomic mass is 79.9. The van der Waals surface area contributed by atoms with E-state index in [1.165, 1.54) is 7.11 Å². The Kier molecular flexibility index (Phi) is 5.96. The minimum atomic E-state index is -0.407. The monoisotopic (exact) mass is 520 g/mol. The lowest BCUT2D eigenvalue weighted by Crippen LogP contribution is -2.27. The van der Waals surface area contributed by atoms with Crippen molar-refractivity contribution in [1.82, 2.24) is 0 Å². The molecule has 34 heavy (non-hydrogen) atoms. The van der Waals surface area contributed by atoms with E-state index in [0.717, 1.165) is 33.9 Å². The molecule has 0 spiro atoms. The Hall–Kier alpha value is -3.45. The van der Waals surface area contributed by atoms with Crippen molar-refractivity contribution in [1.29, 1.82) is 0 Å². The largest absolute Gasteiger partial charge is 0.503 e. The normalized spacial score (nSPS) is 19.3. The molecular formula is C27H25BrN2O4. The second-order valence-electron chi connectivity index (χ2n) is 8.50. The van der Waals surface area contributed by atoms with Gasteiger partial charge in [0.2, 0.25) is 0 Å². The molecule has 0 radical (unpaired) electrons. The number of ether oxygens (including phenoxy) is 2. The van der Waals surface area contributed by atoms with Gasteiger partial charge >= 0.3 is 0 Å². The van der Waals surface area contributed by atoms with E-state index < -0.39 is 6.04 Å². The molecule has 1 heterocycles. The summed E-state index contributed by atoms with van der Waals surface area (Å²) in [6, 6.07) is 19.1. The smallest absolute Gasteiger partial charge is 0.172 e. The van der Waals surface area contributed by atoms with E-state index >= 15 is 0 Å². The van der Waals surface area contributed by atoms with Gasteiger partial charge < -0.3 is 25.2 Å². The predicted octanol–water partition coefficient (Wildman–Crippen LogP) is 6.15. The maximum atomic E-state index is 13.7. The third kappa shape index (κ3) is 4.01. The molecule has 2 aliphatic rings. The van der Waals surface area contributed by atoms with Gasteiger partial charge in [-0.15, -0.1) is 0 Å². The van der Waals surface area contributed by atoms with Crippen LogP contribution in [-0.2, 0) is 4.79 Å². The van der Waals surface area contributed by atoms with Crippen molar-refractivity contribution >= 4 is 33.1 Å². The van der Waals surface area contributed by atoms with Gasteiger partial charge in [0, 0.05) is 17.7 Å². The lowest BCUT2D eigenvalue weighted by molar-refractivity contribution is -0.116. The quantitative estimate of drug-likeness (QED) is 0.382. The van der Waals surface area contributed by atoms with Crippen molar-refractivity contribution in [2.75, 3.05) is 24.9 Å². The number of nitrogens with one attached hydrogen (secondary N) is 2. The first-order valence-electron chi connectivity index (χ1n) is 11.1. The van der Waals surface area contributed by atoms with Gasteiger partial charge in [0.25, 0.3) is 0 Å². The van der Waals surface area contributed by atoms with E-state index in [9.17, 15) is 9.90 Å². The molecular weight excluding hydrogens is 496 g/mol. The van der Waals surface area contributed by atoms with Crippen molar-refractivity contribution in [3.63, 3.8) is 0 Å². The molecule has 0 saturated carbocycles. The molecule has 3 aromatic carbocycles. The van der Waals surface area contributed by atoms with Gasteiger partial charge in [-0.1, -0.05) is 24.3 Å². The van der Waals surface area contributed by atoms with Gasteiger partial charge in [-0.3, -0.25) is 4.79 Å². The number of allylic oxidation sites excluding steroid dienone is 1. The third-order valence-corrected chi connectivity index (χ3v) is 7.08. The van der Waals surface area contributed by atoms with Gasteiger partial charge in [-0.2, -0.15) is 0 Å². The summed E-state index contributed by atoms with van der Waals surface area (Å²) in [5.41, 5.74) is 5.32. The molecule has 7 heteroatoms. The van der Waals surface area contributed by atoms with Crippen LogP contribution < -0.4 is 20.1 Å². The Bertz CT molecular complexity index is 1300. The predicted molar refractivity (Wildman–Crippen MR) is 136 cm³/mol. The average molecular weight is 521 g/mol. The maximum Gasteiger partial charge on any atom is 0.172 e. The molecule has 0 amide bonds. The number of Topliss-reactive ketones (excluding diaryl/α,β-unsaturated/α-hetero) is 1. The van der Waals surface area contributed by atoms with Crippen molar-refractivity contribution in [2.24, 2.45) is 0 Å². The summed E-state index contributed by atoms with van der Waals surface area (Å²) in [6.07, 6.45) is 1.09. The number of phenols is 1. The highest BCUT2D eigenvalue weighted by molar-refractivity contribution is 9.10. The molecule has 1 aliphatic heterocycles. The van der Waals surface area contributed by atoms with Crippen molar-refractivity contribution in [3.05, 3.63) is 87.5 Å². The lowest BCUT2D eigenvalue weighted by atomic mass is 9.78. The summed E-state index contributed by atoms with van der Waals surface area (Å²) in [6.45, 7) is 0. The Labute approximate surface area is 206 Å². The van der Waals surface area contributed by atoms with Crippen LogP contribution in [0.2, 0.25) is 0 Å². The van der Waals surface area contributed by atoms with Crippen LogP contribution in [-0.4, -0.2) is 25.1 Å². The van der Waals surface area contributed by atoms with E-state index in [0.29, 0.717) is 28.6 Å². The zero-order chi connectivity index (χ0) is 23.8. The molecule has 0 fully saturated rings. The van der Waals surface area contributed by atoms with Crippen LogP contribution in [0.5, 0.6) is 17.2 Å². The summed E-state index contributed by atoms with van der Waals surface area (Å²) in [4.78, 5) is 13.7. The molecule has 174 valence electrons. The first-order chi connectivity index (χ1) is 16.5. The fourth-order valence-corrected chi connectivity index (χ4v) is 5.25. The molecule has 5 rings (SSSR count). The maximum absolute atomic E-state index is 13.7. The summed E-state index contributed by atoms with van der Waals surface area (Å²) in [5.74, 6) is 1.28. The topological polar surface area (TPSA) is 79.8 Å². The van der Waals surface area contributed by atoms with Crippen LogP contribution in [0.15, 0.2) is 76.4 Å². The number of para-hydroxylation sites is 2. The van der Waals surface area contributed by atoms with Crippen LogP contribution in [0.4, 0.5) is 11.4 Å². The van der Waals surface area contributed by atoms with E-state index in [4.69, 9.17) is 9.47 Å². The molecule has 0 aromatic heterocycles. The molecule has 3 aromatic rings. The molecule has 0 bridgehead atoms. The number of benzene rings is 3. The zero-order valence-corrected chi connectivity index (χ0v) is 20.5. The fourth-order valence-electron chi connectivity index (χ4n) is 4.79. The van der Waals surface area contributed by atoms with Gasteiger partial charge in [-0.25, -0.2) is 0 Å². The average Bonchev–Trinajstić information content (AvgIpc) is 3.02. The van der Waals surface area contributed by atoms with Crippen molar-refractivity contribution < 1.29 is 19.4 Å². The van der Waals surface area contributed by atoms with Gasteiger partial charge in [0.15, 0.2) is 17.3 Å². The van der Waals surface area contributed by atoms with Gasteiger partial charge in [0.1, 0.15) is 5.75 Å². The van der Waals surface area contributed by atoms with Crippen LogP contribution >= 0.6 is 15.9 Å². The zero-order valence-electron chi connectivity index (χ0n) is 18.9. The first kappa shape index (κ1) is 22.3. The molecule has 6 nitrogen and oxygen atoms in total. The summed E-state index contributed by atoms with van der Waals surface area (Å²) in [7, 11) is 3.16. The van der Waals surface area contributed by atoms with Crippen LogP contribution in [0.1, 0.15) is 35.9 Å². The number of methoxy groups -OCH3 is 2. The Balaban J connectivity index is 1.63. The second kappa shape index (κ2) is 9.06. The Morgan fingerprint density at radius 1 is 0.941 bits per heavy atom. The fraction of sp³-hybridized carbons (Fsp3) is 0.222. The van der Waals surface area contributed by atoms with Crippen molar-refractivity contribution in [3.8, 4) is 17.2 Å². The first-order valence-corrected chi connectivity index (χ1v) is 11.9. The van der Waals surface area contributed by atoms with E-state index in [-0.39, 0.29) is 17.5 Å². The standard InChI is InChI=1S/C27H25BrN2O4/c1-33-18-7-5-6-15(10-18)16-12-22-25(23(31)13-16)26(30-21-9-4-3-8-20(21)29-22)17-11-19(28)27(32)24(14-17)34-2/h3-11,14,16,26,29-30,32H,12-13H2,1-2H3. The number of phenolic OH excluding ortho intramolecular Hbond substituents is 1. The van der Waals surface area contributed by atoms with E-state index in [1.807, 2.05) is 54.6 Å². The minimum Gasteiger partial charge on any atom is -0.503 e. The van der Waals surface area contributed by atoms with Crippen LogP contribution in [0.3, 0.4) is 0 Å². The SMILES string of the molecule is COc1cccc(C2CC(=O)C3=C(C2)Nc2ccccc2NC3c2cc(Br)c(O)c(OC)c2)c1. The molecule has 3 N–H and O–H groups in total. The summed E-state index contributed by atoms with van der Waals surface area (Å²) in [5, 5.41) is 17.4. The molecule has 0 saturated heterocycles. The summed E-state index contributed by atoms with van der Waals surface area (Å²) >= 11 is 3.43. The Morgan fingerprint density at radius 2 is 1.74 bits per heavy atom. The summed E-state index contributed by atoms with van der Waals surface area (Å²) < 4.78 is 11.3. The molecule has 1 aliphatic carbocycles. The molecule has 2 atom stereocenters. The number of rotatable bonds is 4. The number of fused-ring (bicyclic) bond motifs is 1. The Morgan fingerprint density at radius 3 is 2.50 bits per heavy atom. The van der Waals surface area contributed by atoms with Crippen LogP contribution in [0, 0.1) is 0 Å². The number of halogens is 1. The van der Waals surface area contributed by atoms with Crippen molar-refractivity contribution in [2.45, 2.75) is 24.8 Å². The van der Waals surface area contributed by atoms with E-state index in [1.54, 1.807) is 13.2 Å². The molecule has 2 unspecified atom stereocenters. The third-order valence-electron chi connectivity index (χ3n) is 6.48. The number of carbonyl (C=O) groups is 1. The number of aromatic hydroxyl groups is 1. The van der Waals surface area contributed by atoms with Gasteiger partial charge in [-0.05, 0) is 75.8 Å². The number of hydrogen-bond acceptors (Lipinski definition) is 6. The van der Waals surface area contributed by atoms with Crippen LogP contribution in [0.25, 0.3) is 0 Å². The number of anilines is 2.